The van der Waals surface area contributed by atoms with Crippen LogP contribution >= 0.6 is 0 Å². The fraction of sp³-hybridized carbons (Fsp3) is 0.467. The molecule has 5 aliphatic rings. The number of ether oxygens (including phenoxy) is 1. The molecule has 1 spiro atoms. The van der Waals surface area contributed by atoms with Crippen molar-refractivity contribution in [1.29, 1.82) is 5.26 Å². The van der Waals surface area contributed by atoms with Crippen LogP contribution in [0, 0.1) is 17.2 Å². The summed E-state index contributed by atoms with van der Waals surface area (Å²) in [5.74, 6) is 1.06. The highest BCUT2D eigenvalue weighted by Crippen LogP contribution is 2.65. The molecule has 2 bridgehead atoms. The number of benzene rings is 2. The average Bonchev–Trinajstić information content (AvgIpc) is 3.50. The Morgan fingerprint density at radius 3 is 2.92 bits per heavy atom. The number of nitriles is 1. The van der Waals surface area contributed by atoms with E-state index in [1.54, 1.807) is 18.2 Å². The first-order valence-corrected chi connectivity index (χ1v) is 13.7. The van der Waals surface area contributed by atoms with Gasteiger partial charge in [-0.2, -0.15) is 5.26 Å². The minimum absolute atomic E-state index is 0.000311. The molecule has 38 heavy (non-hydrogen) atoms. The van der Waals surface area contributed by atoms with E-state index in [2.05, 4.69) is 21.3 Å². The second-order valence-corrected chi connectivity index (χ2v) is 12.0. The number of aromatic amines is 1. The number of phenols is 1. The van der Waals surface area contributed by atoms with Gasteiger partial charge in [0.2, 0.25) is 0 Å². The van der Waals surface area contributed by atoms with Gasteiger partial charge in [0.1, 0.15) is 17.9 Å². The van der Waals surface area contributed by atoms with Gasteiger partial charge in [0, 0.05) is 23.5 Å². The Labute approximate surface area is 220 Å². The van der Waals surface area contributed by atoms with Gasteiger partial charge < -0.3 is 25.3 Å². The number of piperidine rings is 1. The highest BCUT2D eigenvalue weighted by molar-refractivity contribution is 6.06. The van der Waals surface area contributed by atoms with Gasteiger partial charge in [0.05, 0.1) is 28.1 Å². The molecule has 4 N–H and O–H groups in total. The summed E-state index contributed by atoms with van der Waals surface area (Å²) in [6.07, 6.45) is 4.67. The normalized spacial score (nSPS) is 32.9. The second kappa shape index (κ2) is 7.52. The Kier molecular flexibility index (Phi) is 4.44. The number of H-pyrrole nitrogens is 1. The van der Waals surface area contributed by atoms with Crippen molar-refractivity contribution in [1.82, 2.24) is 15.2 Å². The molecule has 194 valence electrons. The molecule has 1 aromatic heterocycles. The van der Waals surface area contributed by atoms with Crippen molar-refractivity contribution in [2.75, 3.05) is 13.1 Å². The Morgan fingerprint density at radius 1 is 1.24 bits per heavy atom. The highest BCUT2D eigenvalue weighted by atomic mass is 16.5. The van der Waals surface area contributed by atoms with Crippen molar-refractivity contribution in [3.8, 4) is 17.6 Å². The number of carbonyl (C=O) groups is 1. The molecule has 1 amide bonds. The second-order valence-electron chi connectivity index (χ2n) is 12.0. The van der Waals surface area contributed by atoms with Crippen LogP contribution in [-0.4, -0.2) is 62.9 Å². The molecule has 3 fully saturated rings. The van der Waals surface area contributed by atoms with Crippen LogP contribution in [-0.2, 0) is 11.8 Å². The molecular formula is C30H30N4O4. The lowest BCUT2D eigenvalue weighted by Crippen LogP contribution is -2.78. The lowest BCUT2D eigenvalue weighted by molar-refractivity contribution is -0.191. The van der Waals surface area contributed by atoms with E-state index in [1.807, 2.05) is 18.2 Å². The van der Waals surface area contributed by atoms with Crippen molar-refractivity contribution < 1.29 is 19.7 Å². The summed E-state index contributed by atoms with van der Waals surface area (Å²) in [6.45, 7) is 1.90. The first-order chi connectivity index (χ1) is 18.4. The number of aliphatic hydroxyl groups is 1. The van der Waals surface area contributed by atoms with E-state index < -0.39 is 17.1 Å². The molecule has 3 aliphatic carbocycles. The first kappa shape index (κ1) is 22.4. The number of nitrogens with zero attached hydrogens (tertiary/aromatic N) is 2. The molecule has 8 heteroatoms. The summed E-state index contributed by atoms with van der Waals surface area (Å²) in [5, 5.41) is 36.8. The molecule has 5 atom stereocenters. The van der Waals surface area contributed by atoms with Crippen LogP contribution in [0.2, 0.25) is 0 Å². The Hall–Kier alpha value is -3.54. The number of rotatable bonds is 4. The van der Waals surface area contributed by atoms with Gasteiger partial charge in [-0.3, -0.25) is 9.69 Å². The van der Waals surface area contributed by atoms with Gasteiger partial charge in [0.25, 0.3) is 5.91 Å². The van der Waals surface area contributed by atoms with Crippen molar-refractivity contribution in [3.05, 3.63) is 58.8 Å². The van der Waals surface area contributed by atoms with Crippen LogP contribution in [0.5, 0.6) is 11.5 Å². The van der Waals surface area contributed by atoms with Crippen LogP contribution in [0.3, 0.4) is 0 Å². The van der Waals surface area contributed by atoms with E-state index in [9.17, 15) is 20.3 Å². The smallest absolute Gasteiger partial charge is 0.253 e. The average molecular weight is 511 g/mol. The summed E-state index contributed by atoms with van der Waals surface area (Å²) < 4.78 is 6.57. The number of carbonyl (C=O) groups excluding carboxylic acids is 1. The van der Waals surface area contributed by atoms with Crippen LogP contribution in [0.25, 0.3) is 10.9 Å². The summed E-state index contributed by atoms with van der Waals surface area (Å²) in [6, 6.07) is 12.7. The number of phenolic OH excluding ortho intramolecular Hbond substituents is 1. The first-order valence-electron chi connectivity index (χ1n) is 13.7. The molecule has 1 saturated heterocycles. The lowest BCUT2D eigenvalue weighted by atomic mass is 9.48. The van der Waals surface area contributed by atoms with E-state index in [0.717, 1.165) is 48.4 Å². The number of hydrogen-bond acceptors (Lipinski definition) is 6. The number of aromatic hydroxyl groups is 1. The molecule has 0 radical (unpaired) electrons. The molecule has 2 saturated carbocycles. The van der Waals surface area contributed by atoms with Gasteiger partial charge in [-0.25, -0.2) is 0 Å². The minimum Gasteiger partial charge on any atom is -0.504 e. The third kappa shape index (κ3) is 2.78. The number of amides is 1. The van der Waals surface area contributed by atoms with Gasteiger partial charge in [0.15, 0.2) is 11.5 Å². The predicted molar refractivity (Wildman–Crippen MR) is 139 cm³/mol. The van der Waals surface area contributed by atoms with E-state index in [-0.39, 0.29) is 23.7 Å². The minimum atomic E-state index is -0.987. The van der Waals surface area contributed by atoms with Gasteiger partial charge in [-0.05, 0) is 74.8 Å². The summed E-state index contributed by atoms with van der Waals surface area (Å²) in [5.41, 5.74) is 1.95. The molecule has 2 aliphatic heterocycles. The van der Waals surface area contributed by atoms with Crippen molar-refractivity contribution in [3.63, 3.8) is 0 Å². The largest absolute Gasteiger partial charge is 0.504 e. The van der Waals surface area contributed by atoms with Crippen LogP contribution < -0.4 is 10.1 Å². The predicted octanol–water partition coefficient (Wildman–Crippen LogP) is 3.11. The number of likely N-dealkylation sites (tertiary alicyclic amines) is 1. The maximum Gasteiger partial charge on any atom is 0.253 e. The van der Waals surface area contributed by atoms with E-state index in [0.29, 0.717) is 35.4 Å². The molecular weight excluding hydrogens is 480 g/mol. The number of nitrogens with one attached hydrogen (secondary N) is 2. The lowest BCUT2D eigenvalue weighted by Gasteiger charge is -2.64. The fourth-order valence-electron chi connectivity index (χ4n) is 8.28. The topological polar surface area (TPSA) is 122 Å². The number of hydrogen-bond donors (Lipinski definition) is 4. The molecule has 0 unspecified atom stereocenters. The Balaban J connectivity index is 1.19. The third-order valence-corrected chi connectivity index (χ3v) is 10.1. The summed E-state index contributed by atoms with van der Waals surface area (Å²) in [4.78, 5) is 19.2. The SMILES string of the molecule is N#Cc1cc2cccc(C(=O)N[C@@H]3CC[C@@]4(O)[C@H]5Cc6ccc(O)c7c6[C@@]4(CCN5CC4CC4)[C@H]3O7)c2[nH]1. The quantitative estimate of drug-likeness (QED) is 0.428. The summed E-state index contributed by atoms with van der Waals surface area (Å²) >= 11 is 0. The zero-order valence-electron chi connectivity index (χ0n) is 21.0. The molecule has 3 aromatic rings. The van der Waals surface area contributed by atoms with Crippen molar-refractivity contribution in [2.45, 2.75) is 67.7 Å². The molecule has 8 nitrogen and oxygen atoms in total. The number of aromatic nitrogens is 1. The number of para-hydroxylation sites is 1. The van der Waals surface area contributed by atoms with Gasteiger partial charge in [-0.1, -0.05) is 18.2 Å². The Bertz CT molecular complexity index is 1550. The molecule has 8 rings (SSSR count). The van der Waals surface area contributed by atoms with Crippen molar-refractivity contribution in [2.24, 2.45) is 5.92 Å². The van der Waals surface area contributed by atoms with E-state index in [4.69, 9.17) is 4.74 Å². The maximum absolute atomic E-state index is 13.7. The molecule has 3 heterocycles. The van der Waals surface area contributed by atoms with Crippen LogP contribution in [0.15, 0.2) is 36.4 Å². The van der Waals surface area contributed by atoms with E-state index >= 15 is 0 Å². The standard InChI is InChI=1S/C30H30N4O4/c31-14-19-12-18-2-1-3-20(25(18)32-19)28(36)33-21-8-9-30(37)23-13-17-6-7-22(35)26-24(17)29(30,27(21)38-26)10-11-34(23)15-16-4-5-16/h1-3,6-7,12,16,21,23,27,32,35,37H,4-5,8-11,13,15H2,(H,33,36)/t21-,23-,27+,29+,30-/m1/s1. The maximum atomic E-state index is 13.7. The van der Waals surface area contributed by atoms with Crippen LogP contribution in [0.4, 0.5) is 0 Å². The van der Waals surface area contributed by atoms with Gasteiger partial charge >= 0.3 is 0 Å². The van der Waals surface area contributed by atoms with Crippen LogP contribution in [0.1, 0.15) is 59.3 Å². The zero-order valence-corrected chi connectivity index (χ0v) is 21.0. The summed E-state index contributed by atoms with van der Waals surface area (Å²) in [7, 11) is 0. The van der Waals surface area contributed by atoms with E-state index in [1.165, 1.54) is 12.8 Å². The third-order valence-electron chi connectivity index (χ3n) is 10.1. The fourth-order valence-corrected chi connectivity index (χ4v) is 8.28. The van der Waals surface area contributed by atoms with Crippen molar-refractivity contribution >= 4 is 16.8 Å². The zero-order chi connectivity index (χ0) is 25.8. The molecule has 2 aromatic carbocycles. The monoisotopic (exact) mass is 510 g/mol. The Morgan fingerprint density at radius 2 is 2.11 bits per heavy atom. The van der Waals surface area contributed by atoms with Gasteiger partial charge in [-0.15, -0.1) is 0 Å². The highest BCUT2D eigenvalue weighted by Gasteiger charge is 2.73. The number of fused-ring (bicyclic) bond motifs is 1.